The summed E-state index contributed by atoms with van der Waals surface area (Å²) >= 11 is 3.05. The largest absolute Gasteiger partial charge is 0.366 e. The van der Waals surface area contributed by atoms with E-state index in [1.165, 1.54) is 6.20 Å². The summed E-state index contributed by atoms with van der Waals surface area (Å²) in [7, 11) is 0. The van der Waals surface area contributed by atoms with Crippen molar-refractivity contribution in [2.45, 2.75) is 0 Å². The normalized spacial score (nSPS) is 10.1. The number of aromatic nitrogens is 2. The first kappa shape index (κ1) is 12.3. The van der Waals surface area contributed by atoms with Crippen LogP contribution in [-0.4, -0.2) is 15.9 Å². The number of carbonyl (C=O) groups excluding carboxylic acids is 1. The Bertz CT molecular complexity index is 653. The van der Waals surface area contributed by atoms with Gasteiger partial charge in [-0.3, -0.25) is 14.6 Å². The van der Waals surface area contributed by atoms with Crippen molar-refractivity contribution >= 4 is 33.5 Å². The van der Waals surface area contributed by atoms with E-state index in [1.807, 2.05) is 0 Å². The van der Waals surface area contributed by atoms with Gasteiger partial charge in [-0.2, -0.15) is 0 Å². The fraction of sp³-hybridized carbons (Fsp3) is 0. The summed E-state index contributed by atoms with van der Waals surface area (Å²) < 4.78 is 0.346. The maximum atomic E-state index is 11.3. The molecule has 1 aromatic heterocycles. The molecule has 2 rings (SSSR count). The molecule has 0 atom stereocenters. The zero-order valence-electron chi connectivity index (χ0n) is 9.11. The number of H-pyrrole nitrogens is 1. The summed E-state index contributed by atoms with van der Waals surface area (Å²) in [6.07, 6.45) is 1.39. The van der Waals surface area contributed by atoms with Gasteiger partial charge in [-0.05, 0) is 34.1 Å². The number of hydrogen-bond acceptors (Lipinski definition) is 4. The van der Waals surface area contributed by atoms with Crippen molar-refractivity contribution in [3.63, 3.8) is 0 Å². The Hall–Kier alpha value is -2.15. The number of primary amides is 1. The second-order valence-corrected chi connectivity index (χ2v) is 4.33. The van der Waals surface area contributed by atoms with Gasteiger partial charge in [-0.25, -0.2) is 4.98 Å². The summed E-state index contributed by atoms with van der Waals surface area (Å²) in [4.78, 5) is 28.9. The molecule has 0 aliphatic rings. The van der Waals surface area contributed by atoms with Gasteiger partial charge in [0.1, 0.15) is 4.47 Å². The number of hydrogen-bond donors (Lipinski definition) is 3. The average Bonchev–Trinajstić information content (AvgIpc) is 2.34. The quantitative estimate of drug-likeness (QED) is 0.797. The van der Waals surface area contributed by atoms with Crippen molar-refractivity contribution in [2.24, 2.45) is 5.73 Å². The Kier molecular flexibility index (Phi) is 3.42. The van der Waals surface area contributed by atoms with Gasteiger partial charge >= 0.3 is 0 Å². The van der Waals surface area contributed by atoms with Gasteiger partial charge in [0.15, 0.2) is 0 Å². The third-order valence-electron chi connectivity index (χ3n) is 2.17. The Morgan fingerprint density at radius 3 is 2.89 bits per heavy atom. The molecule has 0 aliphatic heterocycles. The Morgan fingerprint density at radius 1 is 1.44 bits per heavy atom. The van der Waals surface area contributed by atoms with Crippen molar-refractivity contribution in [1.29, 1.82) is 0 Å². The number of aromatic amines is 1. The second-order valence-electron chi connectivity index (χ2n) is 3.48. The molecule has 0 fully saturated rings. The van der Waals surface area contributed by atoms with Crippen molar-refractivity contribution in [3.05, 3.63) is 50.9 Å². The molecule has 1 amide bonds. The number of nitrogens with zero attached hydrogens (tertiary/aromatic N) is 1. The summed E-state index contributed by atoms with van der Waals surface area (Å²) in [5.41, 5.74) is 5.86. The van der Waals surface area contributed by atoms with Gasteiger partial charge in [0.2, 0.25) is 11.9 Å². The van der Waals surface area contributed by atoms with E-state index < -0.39 is 5.91 Å². The van der Waals surface area contributed by atoms with Crippen LogP contribution in [0.15, 0.2) is 39.7 Å². The predicted molar refractivity (Wildman–Crippen MR) is 70.8 cm³/mol. The zero-order chi connectivity index (χ0) is 13.1. The molecular formula is C11H9BrN4O2. The smallest absolute Gasteiger partial charge is 0.266 e. The first-order valence-electron chi connectivity index (χ1n) is 4.98. The lowest BCUT2D eigenvalue weighted by Gasteiger charge is -2.05. The standard InChI is InChI=1S/C11H9BrN4O2/c12-8-5-14-11(16-10(8)18)15-7-3-1-2-6(4-7)9(13)17/h1-5H,(H2,13,17)(H2,14,15,16,18). The molecule has 0 aliphatic carbocycles. The maximum absolute atomic E-state index is 11.3. The number of rotatable bonds is 3. The Labute approximate surface area is 110 Å². The lowest BCUT2D eigenvalue weighted by molar-refractivity contribution is 0.100. The van der Waals surface area contributed by atoms with Crippen LogP contribution in [-0.2, 0) is 0 Å². The molecule has 0 radical (unpaired) electrons. The van der Waals surface area contributed by atoms with Gasteiger partial charge in [0.25, 0.3) is 5.56 Å². The predicted octanol–water partition coefficient (Wildman–Crippen LogP) is 1.37. The molecule has 0 saturated heterocycles. The Morgan fingerprint density at radius 2 is 2.22 bits per heavy atom. The highest BCUT2D eigenvalue weighted by Crippen LogP contribution is 2.14. The highest BCUT2D eigenvalue weighted by atomic mass is 79.9. The van der Waals surface area contributed by atoms with E-state index in [2.05, 4.69) is 31.2 Å². The highest BCUT2D eigenvalue weighted by molar-refractivity contribution is 9.10. The van der Waals surface area contributed by atoms with Crippen molar-refractivity contribution < 1.29 is 4.79 Å². The van der Waals surface area contributed by atoms with Gasteiger partial charge in [-0.1, -0.05) is 6.07 Å². The summed E-state index contributed by atoms with van der Waals surface area (Å²) in [6, 6.07) is 6.59. The molecule has 92 valence electrons. The van der Waals surface area contributed by atoms with Gasteiger partial charge in [0, 0.05) is 11.3 Å². The average molecular weight is 309 g/mol. The first-order valence-corrected chi connectivity index (χ1v) is 5.77. The number of nitrogens with one attached hydrogen (secondary N) is 2. The van der Waals surface area contributed by atoms with Crippen LogP contribution < -0.4 is 16.6 Å². The van der Waals surface area contributed by atoms with Crippen molar-refractivity contribution in [2.75, 3.05) is 5.32 Å². The molecular weight excluding hydrogens is 300 g/mol. The van der Waals surface area contributed by atoms with E-state index in [0.717, 1.165) is 0 Å². The summed E-state index contributed by atoms with van der Waals surface area (Å²) in [6.45, 7) is 0. The summed E-state index contributed by atoms with van der Waals surface area (Å²) in [5, 5.41) is 2.87. The van der Waals surface area contributed by atoms with E-state index in [9.17, 15) is 9.59 Å². The third kappa shape index (κ3) is 2.75. The highest BCUT2D eigenvalue weighted by Gasteiger charge is 2.03. The van der Waals surface area contributed by atoms with E-state index >= 15 is 0 Å². The molecule has 4 N–H and O–H groups in total. The van der Waals surface area contributed by atoms with Crippen molar-refractivity contribution in [3.8, 4) is 0 Å². The molecule has 2 aromatic rings. The van der Waals surface area contributed by atoms with E-state index in [0.29, 0.717) is 15.7 Å². The molecule has 6 nitrogen and oxygen atoms in total. The van der Waals surface area contributed by atoms with Gasteiger partial charge in [-0.15, -0.1) is 0 Å². The number of carbonyl (C=O) groups is 1. The van der Waals surface area contributed by atoms with E-state index in [-0.39, 0.29) is 11.5 Å². The van der Waals surface area contributed by atoms with E-state index in [4.69, 9.17) is 5.73 Å². The molecule has 0 bridgehead atoms. The van der Waals surface area contributed by atoms with Crippen molar-refractivity contribution in [1.82, 2.24) is 9.97 Å². The van der Waals surface area contributed by atoms with Gasteiger partial charge < -0.3 is 11.1 Å². The fourth-order valence-electron chi connectivity index (χ4n) is 1.33. The van der Waals surface area contributed by atoms with Crippen LogP contribution in [0.2, 0.25) is 0 Å². The number of benzene rings is 1. The van der Waals surface area contributed by atoms with Crippen LogP contribution in [0.5, 0.6) is 0 Å². The summed E-state index contributed by atoms with van der Waals surface area (Å²) in [5.74, 6) is -0.235. The Balaban J connectivity index is 2.28. The number of anilines is 2. The minimum absolute atomic E-state index is 0.282. The zero-order valence-corrected chi connectivity index (χ0v) is 10.7. The van der Waals surface area contributed by atoms with Crippen LogP contribution in [0, 0.1) is 0 Å². The van der Waals surface area contributed by atoms with Gasteiger partial charge in [0.05, 0.1) is 6.20 Å². The molecule has 0 spiro atoms. The maximum Gasteiger partial charge on any atom is 0.266 e. The van der Waals surface area contributed by atoms with Crippen LogP contribution in [0.3, 0.4) is 0 Å². The molecule has 1 heterocycles. The molecule has 18 heavy (non-hydrogen) atoms. The van der Waals surface area contributed by atoms with Crippen LogP contribution in [0.25, 0.3) is 0 Å². The number of halogens is 1. The van der Waals surface area contributed by atoms with Crippen LogP contribution in [0.1, 0.15) is 10.4 Å². The molecule has 0 saturated carbocycles. The lowest BCUT2D eigenvalue weighted by atomic mass is 10.2. The molecule has 0 unspecified atom stereocenters. The fourth-order valence-corrected chi connectivity index (χ4v) is 1.53. The minimum atomic E-state index is -0.518. The molecule has 1 aromatic carbocycles. The number of nitrogens with two attached hydrogens (primary N) is 1. The number of amides is 1. The third-order valence-corrected chi connectivity index (χ3v) is 2.73. The second kappa shape index (κ2) is 5.01. The first-order chi connectivity index (χ1) is 8.56. The minimum Gasteiger partial charge on any atom is -0.366 e. The SMILES string of the molecule is NC(=O)c1cccc(Nc2ncc(Br)c(=O)[nH]2)c1. The van der Waals surface area contributed by atoms with Crippen LogP contribution in [0.4, 0.5) is 11.6 Å². The molecule has 7 heteroatoms. The van der Waals surface area contributed by atoms with Crippen LogP contribution >= 0.6 is 15.9 Å². The lowest BCUT2D eigenvalue weighted by Crippen LogP contribution is -2.12. The monoisotopic (exact) mass is 308 g/mol. The topological polar surface area (TPSA) is 101 Å². The van der Waals surface area contributed by atoms with E-state index in [1.54, 1.807) is 24.3 Å².